The summed E-state index contributed by atoms with van der Waals surface area (Å²) >= 11 is 5.95. The first-order chi connectivity index (χ1) is 13.0. The van der Waals surface area contributed by atoms with Gasteiger partial charge in [0, 0.05) is 10.6 Å². The average molecular weight is 379 g/mol. The van der Waals surface area contributed by atoms with Crippen LogP contribution in [-0.2, 0) is 0 Å². The molecule has 0 aromatic heterocycles. The molecule has 1 atom stereocenters. The molecule has 0 aliphatic heterocycles. The monoisotopic (exact) mass is 378 g/mol. The van der Waals surface area contributed by atoms with E-state index in [1.165, 1.54) is 0 Å². The van der Waals surface area contributed by atoms with E-state index in [4.69, 9.17) is 11.6 Å². The van der Waals surface area contributed by atoms with E-state index in [1.54, 1.807) is 48.5 Å². The SMILES string of the molecule is C[C@@H](NC(=O)c1ccccc1NC(=O)c1cccc(Cl)c1)c1ccccc1. The van der Waals surface area contributed by atoms with Gasteiger partial charge in [0.25, 0.3) is 11.8 Å². The van der Waals surface area contributed by atoms with Gasteiger partial charge in [-0.3, -0.25) is 9.59 Å². The number of hydrogen-bond acceptors (Lipinski definition) is 2. The second kappa shape index (κ2) is 8.52. The molecule has 0 radical (unpaired) electrons. The lowest BCUT2D eigenvalue weighted by atomic mass is 10.1. The first-order valence-electron chi connectivity index (χ1n) is 8.56. The quantitative estimate of drug-likeness (QED) is 0.650. The fourth-order valence-electron chi connectivity index (χ4n) is 2.71. The van der Waals surface area contributed by atoms with E-state index in [-0.39, 0.29) is 17.9 Å². The molecule has 3 aromatic carbocycles. The number of rotatable bonds is 5. The summed E-state index contributed by atoms with van der Waals surface area (Å²) in [7, 11) is 0. The highest BCUT2D eigenvalue weighted by Gasteiger charge is 2.16. The summed E-state index contributed by atoms with van der Waals surface area (Å²) in [6.45, 7) is 1.92. The number of hydrogen-bond donors (Lipinski definition) is 2. The van der Waals surface area contributed by atoms with Gasteiger partial charge in [0.2, 0.25) is 0 Å². The Morgan fingerprint density at radius 1 is 0.852 bits per heavy atom. The Labute approximate surface area is 163 Å². The minimum absolute atomic E-state index is 0.157. The van der Waals surface area contributed by atoms with E-state index in [2.05, 4.69) is 10.6 Å². The van der Waals surface area contributed by atoms with Crippen LogP contribution in [0.4, 0.5) is 5.69 Å². The van der Waals surface area contributed by atoms with Gasteiger partial charge in [-0.1, -0.05) is 60.1 Å². The standard InChI is InChI=1S/C22H19ClN2O2/c1-15(16-8-3-2-4-9-16)24-22(27)19-12-5-6-13-20(19)25-21(26)17-10-7-11-18(23)14-17/h2-15H,1H3,(H,24,27)(H,25,26)/t15-/m1/s1. The lowest BCUT2D eigenvalue weighted by Crippen LogP contribution is -2.28. The molecule has 5 heteroatoms. The van der Waals surface area contributed by atoms with Crippen molar-refractivity contribution < 1.29 is 9.59 Å². The van der Waals surface area contributed by atoms with Crippen molar-refractivity contribution in [2.24, 2.45) is 0 Å². The van der Waals surface area contributed by atoms with Crippen molar-refractivity contribution in [1.82, 2.24) is 5.32 Å². The van der Waals surface area contributed by atoms with Crippen LogP contribution in [0, 0.1) is 0 Å². The Kier molecular flexibility index (Phi) is 5.89. The van der Waals surface area contributed by atoms with Gasteiger partial charge in [0.1, 0.15) is 0 Å². The zero-order chi connectivity index (χ0) is 19.2. The number of anilines is 1. The smallest absolute Gasteiger partial charge is 0.255 e. The molecule has 0 aliphatic rings. The first-order valence-corrected chi connectivity index (χ1v) is 8.94. The molecule has 2 N–H and O–H groups in total. The Morgan fingerprint density at radius 3 is 2.30 bits per heavy atom. The lowest BCUT2D eigenvalue weighted by Gasteiger charge is -2.16. The largest absolute Gasteiger partial charge is 0.345 e. The van der Waals surface area contributed by atoms with Gasteiger partial charge < -0.3 is 10.6 Å². The van der Waals surface area contributed by atoms with Crippen molar-refractivity contribution in [3.05, 3.63) is 101 Å². The summed E-state index contributed by atoms with van der Waals surface area (Å²) in [5, 5.41) is 6.23. The normalized spacial score (nSPS) is 11.5. The van der Waals surface area contributed by atoms with Crippen molar-refractivity contribution in [3.63, 3.8) is 0 Å². The van der Waals surface area contributed by atoms with Gasteiger partial charge in [0.15, 0.2) is 0 Å². The lowest BCUT2D eigenvalue weighted by molar-refractivity contribution is 0.0941. The van der Waals surface area contributed by atoms with E-state index in [1.807, 2.05) is 37.3 Å². The number of nitrogens with one attached hydrogen (secondary N) is 2. The van der Waals surface area contributed by atoms with Gasteiger partial charge in [0.05, 0.1) is 17.3 Å². The summed E-state index contributed by atoms with van der Waals surface area (Å²) < 4.78 is 0. The van der Waals surface area contributed by atoms with Crippen molar-refractivity contribution in [3.8, 4) is 0 Å². The average Bonchev–Trinajstić information content (AvgIpc) is 2.69. The second-order valence-electron chi connectivity index (χ2n) is 6.12. The van der Waals surface area contributed by atoms with Gasteiger partial charge >= 0.3 is 0 Å². The van der Waals surface area contributed by atoms with Crippen LogP contribution in [0.3, 0.4) is 0 Å². The Morgan fingerprint density at radius 2 is 1.56 bits per heavy atom. The fraction of sp³-hybridized carbons (Fsp3) is 0.0909. The van der Waals surface area contributed by atoms with E-state index in [0.717, 1.165) is 5.56 Å². The van der Waals surface area contributed by atoms with Crippen LogP contribution in [0.1, 0.15) is 39.2 Å². The van der Waals surface area contributed by atoms with Gasteiger partial charge in [-0.2, -0.15) is 0 Å². The molecule has 0 spiro atoms. The van der Waals surface area contributed by atoms with Crippen LogP contribution in [0.5, 0.6) is 0 Å². The molecule has 4 nitrogen and oxygen atoms in total. The highest BCUT2D eigenvalue weighted by atomic mass is 35.5. The third-order valence-corrected chi connectivity index (χ3v) is 4.39. The van der Waals surface area contributed by atoms with Crippen molar-refractivity contribution in [1.29, 1.82) is 0 Å². The number of carbonyl (C=O) groups is 2. The third kappa shape index (κ3) is 4.74. The number of amides is 2. The molecule has 0 unspecified atom stereocenters. The molecule has 27 heavy (non-hydrogen) atoms. The molecule has 0 heterocycles. The van der Waals surface area contributed by atoms with E-state index in [9.17, 15) is 9.59 Å². The zero-order valence-corrected chi connectivity index (χ0v) is 15.5. The maximum absolute atomic E-state index is 12.7. The number of carbonyl (C=O) groups excluding carboxylic acids is 2. The predicted molar refractivity (Wildman–Crippen MR) is 108 cm³/mol. The first kappa shape index (κ1) is 18.7. The van der Waals surface area contributed by atoms with Gasteiger partial charge in [-0.15, -0.1) is 0 Å². The summed E-state index contributed by atoms with van der Waals surface area (Å²) in [6, 6.07) is 23.1. The Bertz CT molecular complexity index is 957. The highest BCUT2D eigenvalue weighted by molar-refractivity contribution is 6.31. The molecular weight excluding hydrogens is 360 g/mol. The van der Waals surface area contributed by atoms with Gasteiger partial charge in [-0.05, 0) is 42.8 Å². The fourth-order valence-corrected chi connectivity index (χ4v) is 2.90. The molecule has 3 rings (SSSR count). The summed E-state index contributed by atoms with van der Waals surface area (Å²) in [5.74, 6) is -0.581. The Hall–Kier alpha value is -3.11. The molecule has 0 saturated carbocycles. The molecule has 0 bridgehead atoms. The van der Waals surface area contributed by atoms with E-state index < -0.39 is 0 Å². The number of para-hydroxylation sites is 1. The summed E-state index contributed by atoms with van der Waals surface area (Å²) in [5.41, 5.74) is 2.28. The number of halogens is 1. The van der Waals surface area contributed by atoms with Crippen LogP contribution >= 0.6 is 11.6 Å². The molecule has 0 fully saturated rings. The van der Waals surface area contributed by atoms with Crippen molar-refractivity contribution in [2.75, 3.05) is 5.32 Å². The highest BCUT2D eigenvalue weighted by Crippen LogP contribution is 2.19. The van der Waals surface area contributed by atoms with E-state index in [0.29, 0.717) is 21.8 Å². The molecule has 0 saturated heterocycles. The van der Waals surface area contributed by atoms with Crippen molar-refractivity contribution in [2.45, 2.75) is 13.0 Å². The zero-order valence-electron chi connectivity index (χ0n) is 14.8. The topological polar surface area (TPSA) is 58.2 Å². The summed E-state index contributed by atoms with van der Waals surface area (Å²) in [6.07, 6.45) is 0. The molecular formula is C22H19ClN2O2. The van der Waals surface area contributed by atoms with Crippen LogP contribution in [-0.4, -0.2) is 11.8 Å². The van der Waals surface area contributed by atoms with Crippen LogP contribution in [0.15, 0.2) is 78.9 Å². The van der Waals surface area contributed by atoms with Crippen molar-refractivity contribution >= 4 is 29.1 Å². The summed E-state index contributed by atoms with van der Waals surface area (Å²) in [4.78, 5) is 25.2. The van der Waals surface area contributed by atoms with Gasteiger partial charge in [-0.25, -0.2) is 0 Å². The molecule has 136 valence electrons. The van der Waals surface area contributed by atoms with E-state index >= 15 is 0 Å². The molecule has 0 aliphatic carbocycles. The minimum atomic E-state index is -0.325. The van der Waals surface area contributed by atoms with Crippen LogP contribution < -0.4 is 10.6 Å². The van der Waals surface area contributed by atoms with Crippen LogP contribution in [0.2, 0.25) is 5.02 Å². The maximum Gasteiger partial charge on any atom is 0.255 e. The number of benzene rings is 3. The molecule has 3 aromatic rings. The van der Waals surface area contributed by atoms with Crippen LogP contribution in [0.25, 0.3) is 0 Å². The third-order valence-electron chi connectivity index (χ3n) is 4.15. The second-order valence-corrected chi connectivity index (χ2v) is 6.55. The predicted octanol–water partition coefficient (Wildman–Crippen LogP) is 5.08. The Balaban J connectivity index is 1.77. The maximum atomic E-state index is 12.7. The minimum Gasteiger partial charge on any atom is -0.345 e. The molecule has 2 amide bonds.